The molecule has 4 heteroatoms. The van der Waals surface area contributed by atoms with Gasteiger partial charge in [-0.15, -0.1) is 11.6 Å². The second-order valence-electron chi connectivity index (χ2n) is 5.15. The third kappa shape index (κ3) is 4.25. The van der Waals surface area contributed by atoms with Crippen molar-refractivity contribution in [3.8, 4) is 5.75 Å². The minimum atomic E-state index is -0.662. The molecule has 3 nitrogen and oxygen atoms in total. The topological polar surface area (TPSA) is 29.5 Å². The number of hydrogen-bond donors (Lipinski definition) is 0. The summed E-state index contributed by atoms with van der Waals surface area (Å²) in [5, 5.41) is -0.662. The maximum absolute atomic E-state index is 12.3. The van der Waals surface area contributed by atoms with Gasteiger partial charge in [-0.2, -0.15) is 0 Å². The van der Waals surface area contributed by atoms with Crippen LogP contribution in [-0.2, 0) is 4.79 Å². The summed E-state index contributed by atoms with van der Waals surface area (Å²) in [5.41, 5.74) is 1.89. The Morgan fingerprint density at radius 3 is 2.45 bits per heavy atom. The maximum Gasteiger partial charge on any atom is 0.245 e. The van der Waals surface area contributed by atoms with E-state index in [1.165, 1.54) is 0 Å². The zero-order valence-corrected chi connectivity index (χ0v) is 13.6. The molecule has 0 heterocycles. The summed E-state index contributed by atoms with van der Waals surface area (Å²) in [6.07, 6.45) is 0. The van der Waals surface area contributed by atoms with Gasteiger partial charge in [0.05, 0.1) is 6.54 Å². The van der Waals surface area contributed by atoms with E-state index in [0.717, 1.165) is 16.9 Å². The number of aryl methyl sites for hydroxylation is 1. The largest absolute Gasteiger partial charge is 0.491 e. The Morgan fingerprint density at radius 2 is 1.77 bits per heavy atom. The van der Waals surface area contributed by atoms with E-state index >= 15 is 0 Å². The first-order valence-corrected chi connectivity index (χ1v) is 7.65. The molecule has 0 spiro atoms. The number of alkyl halides is 1. The number of benzene rings is 2. The molecule has 22 heavy (non-hydrogen) atoms. The van der Waals surface area contributed by atoms with Gasteiger partial charge in [0, 0.05) is 7.05 Å². The number of nitrogens with zero attached hydrogens (tertiary/aromatic N) is 1. The van der Waals surface area contributed by atoms with Crippen molar-refractivity contribution in [3.63, 3.8) is 0 Å². The highest BCUT2D eigenvalue weighted by atomic mass is 35.5. The molecule has 0 aliphatic rings. The normalized spacial score (nSPS) is 11.8. The highest BCUT2D eigenvalue weighted by Crippen LogP contribution is 2.22. The quantitative estimate of drug-likeness (QED) is 0.758. The van der Waals surface area contributed by atoms with Crippen LogP contribution in [-0.4, -0.2) is 31.0 Å². The fourth-order valence-corrected chi connectivity index (χ4v) is 2.39. The summed E-state index contributed by atoms with van der Waals surface area (Å²) in [5.74, 6) is 0.718. The van der Waals surface area contributed by atoms with E-state index in [2.05, 4.69) is 0 Å². The summed E-state index contributed by atoms with van der Waals surface area (Å²) in [6.45, 7) is 2.92. The van der Waals surface area contributed by atoms with Gasteiger partial charge in [0.2, 0.25) is 5.91 Å². The lowest BCUT2D eigenvalue weighted by Gasteiger charge is -2.21. The van der Waals surface area contributed by atoms with E-state index < -0.39 is 5.38 Å². The Labute approximate surface area is 136 Å². The monoisotopic (exact) mass is 317 g/mol. The average Bonchev–Trinajstić information content (AvgIpc) is 2.56. The molecule has 0 saturated heterocycles. The molecule has 2 rings (SSSR count). The van der Waals surface area contributed by atoms with Crippen molar-refractivity contribution >= 4 is 17.5 Å². The molecule has 0 saturated carbocycles. The molecule has 2 aromatic rings. The third-order valence-corrected chi connectivity index (χ3v) is 3.90. The average molecular weight is 318 g/mol. The molecule has 1 amide bonds. The highest BCUT2D eigenvalue weighted by molar-refractivity contribution is 6.30. The van der Waals surface area contributed by atoms with Crippen LogP contribution in [0.4, 0.5) is 0 Å². The molecule has 116 valence electrons. The fourth-order valence-electron chi connectivity index (χ4n) is 2.08. The maximum atomic E-state index is 12.3. The molecule has 1 unspecified atom stereocenters. The van der Waals surface area contributed by atoms with Crippen molar-refractivity contribution in [3.05, 3.63) is 65.7 Å². The van der Waals surface area contributed by atoms with Crippen LogP contribution >= 0.6 is 11.6 Å². The van der Waals surface area contributed by atoms with E-state index in [0.29, 0.717) is 13.2 Å². The van der Waals surface area contributed by atoms with Crippen molar-refractivity contribution in [2.75, 3.05) is 20.2 Å². The predicted octanol–water partition coefficient (Wildman–Crippen LogP) is 3.81. The fraction of sp³-hybridized carbons (Fsp3) is 0.278. The second kappa shape index (κ2) is 7.85. The number of para-hydroxylation sites is 1. The van der Waals surface area contributed by atoms with E-state index in [-0.39, 0.29) is 5.91 Å². The van der Waals surface area contributed by atoms with Gasteiger partial charge in [-0.3, -0.25) is 4.79 Å². The number of rotatable bonds is 6. The molecule has 0 aliphatic carbocycles. The van der Waals surface area contributed by atoms with Crippen LogP contribution in [0, 0.1) is 6.92 Å². The molecular weight excluding hydrogens is 298 g/mol. The van der Waals surface area contributed by atoms with Crippen LogP contribution in [0.15, 0.2) is 54.6 Å². The summed E-state index contributed by atoms with van der Waals surface area (Å²) in [6, 6.07) is 17.2. The van der Waals surface area contributed by atoms with Gasteiger partial charge in [0.15, 0.2) is 0 Å². The number of hydrogen-bond acceptors (Lipinski definition) is 2. The van der Waals surface area contributed by atoms with Gasteiger partial charge < -0.3 is 9.64 Å². The van der Waals surface area contributed by atoms with E-state index in [1.54, 1.807) is 11.9 Å². The lowest BCUT2D eigenvalue weighted by atomic mass is 10.1. The van der Waals surface area contributed by atoms with E-state index in [9.17, 15) is 4.79 Å². The Hall–Kier alpha value is -2.00. The van der Waals surface area contributed by atoms with E-state index in [1.807, 2.05) is 61.5 Å². The molecule has 1 atom stereocenters. The minimum Gasteiger partial charge on any atom is -0.491 e. The van der Waals surface area contributed by atoms with Gasteiger partial charge in [0.1, 0.15) is 17.7 Å². The number of carbonyl (C=O) groups excluding carboxylic acids is 1. The number of halogens is 1. The second-order valence-corrected chi connectivity index (χ2v) is 5.58. The SMILES string of the molecule is Cc1ccccc1OCCN(C)C(=O)C(Cl)c1ccccc1. The van der Waals surface area contributed by atoms with Gasteiger partial charge in [-0.1, -0.05) is 48.5 Å². The van der Waals surface area contributed by atoms with Crippen LogP contribution in [0.5, 0.6) is 5.75 Å². The Morgan fingerprint density at radius 1 is 1.14 bits per heavy atom. The lowest BCUT2D eigenvalue weighted by Crippen LogP contribution is -2.33. The summed E-state index contributed by atoms with van der Waals surface area (Å²) in [7, 11) is 1.74. The van der Waals surface area contributed by atoms with Crippen molar-refractivity contribution in [1.29, 1.82) is 0 Å². The van der Waals surface area contributed by atoms with Crippen LogP contribution in [0.25, 0.3) is 0 Å². The van der Waals surface area contributed by atoms with Crippen molar-refractivity contribution < 1.29 is 9.53 Å². The molecule has 0 aliphatic heterocycles. The number of likely N-dealkylation sites (N-methyl/N-ethyl adjacent to an activating group) is 1. The molecule has 0 N–H and O–H groups in total. The summed E-state index contributed by atoms with van der Waals surface area (Å²) < 4.78 is 5.71. The first kappa shape index (κ1) is 16.4. The van der Waals surface area contributed by atoms with Gasteiger partial charge >= 0.3 is 0 Å². The standard InChI is InChI=1S/C18H20ClNO2/c1-14-8-6-7-11-16(14)22-13-12-20(2)18(21)17(19)15-9-4-3-5-10-15/h3-11,17H,12-13H2,1-2H3. The lowest BCUT2D eigenvalue weighted by molar-refractivity contribution is -0.129. The van der Waals surface area contributed by atoms with Crippen LogP contribution < -0.4 is 4.74 Å². The summed E-state index contributed by atoms with van der Waals surface area (Å²) >= 11 is 6.24. The molecular formula is C18H20ClNO2. The predicted molar refractivity (Wildman–Crippen MR) is 89.3 cm³/mol. The van der Waals surface area contributed by atoms with Gasteiger partial charge in [0.25, 0.3) is 0 Å². The Bertz CT molecular complexity index is 615. The van der Waals surface area contributed by atoms with Crippen LogP contribution in [0.3, 0.4) is 0 Å². The van der Waals surface area contributed by atoms with Crippen molar-refractivity contribution in [2.45, 2.75) is 12.3 Å². The third-order valence-electron chi connectivity index (χ3n) is 3.46. The zero-order valence-electron chi connectivity index (χ0n) is 12.8. The molecule has 2 aromatic carbocycles. The Balaban J connectivity index is 1.85. The van der Waals surface area contributed by atoms with Gasteiger partial charge in [-0.25, -0.2) is 0 Å². The van der Waals surface area contributed by atoms with Crippen molar-refractivity contribution in [1.82, 2.24) is 4.90 Å². The number of carbonyl (C=O) groups is 1. The van der Waals surface area contributed by atoms with Crippen LogP contribution in [0.1, 0.15) is 16.5 Å². The smallest absolute Gasteiger partial charge is 0.245 e. The molecule has 0 aromatic heterocycles. The van der Waals surface area contributed by atoms with Crippen LogP contribution in [0.2, 0.25) is 0 Å². The summed E-state index contributed by atoms with van der Waals surface area (Å²) in [4.78, 5) is 13.9. The zero-order chi connectivity index (χ0) is 15.9. The first-order valence-electron chi connectivity index (χ1n) is 7.22. The molecule has 0 radical (unpaired) electrons. The molecule has 0 bridgehead atoms. The van der Waals surface area contributed by atoms with Gasteiger partial charge in [-0.05, 0) is 24.1 Å². The number of amides is 1. The van der Waals surface area contributed by atoms with Crippen molar-refractivity contribution in [2.24, 2.45) is 0 Å². The highest BCUT2D eigenvalue weighted by Gasteiger charge is 2.21. The van der Waals surface area contributed by atoms with E-state index in [4.69, 9.17) is 16.3 Å². The number of ether oxygens (including phenoxy) is 1. The molecule has 0 fully saturated rings. The first-order chi connectivity index (χ1) is 10.6. The Kier molecular flexibility index (Phi) is 5.84. The minimum absolute atomic E-state index is 0.124.